The minimum Gasteiger partial charge on any atom is -0.481 e. The molecule has 1 aromatic carbocycles. The number of aliphatic carboxylic acids is 2. The zero-order valence-electron chi connectivity index (χ0n) is 18.2. The number of carbonyl (C=O) groups is 4. The van der Waals surface area contributed by atoms with E-state index in [2.05, 4.69) is 10.6 Å². The number of aliphatic hydroxyl groups is 1. The fraction of sp³-hybridized carbons (Fsp3) is 0.524. The van der Waals surface area contributed by atoms with Crippen molar-refractivity contribution in [2.75, 3.05) is 23.3 Å². The van der Waals surface area contributed by atoms with Crippen molar-refractivity contribution in [1.82, 2.24) is 5.32 Å². The van der Waals surface area contributed by atoms with E-state index in [0.717, 1.165) is 0 Å². The summed E-state index contributed by atoms with van der Waals surface area (Å²) in [7, 11) is 0. The van der Waals surface area contributed by atoms with E-state index in [4.69, 9.17) is 15.0 Å². The smallest absolute Gasteiger partial charge is 0.481 e. The second-order valence-corrected chi connectivity index (χ2v) is 9.12. The number of halogens is 4. The van der Waals surface area contributed by atoms with Gasteiger partial charge in [0.25, 0.3) is 0 Å². The fourth-order valence-corrected chi connectivity index (χ4v) is 4.79. The van der Waals surface area contributed by atoms with Gasteiger partial charge in [0.15, 0.2) is 0 Å². The molecule has 4 rings (SSSR count). The molecule has 0 bridgehead atoms. The molecule has 3 fully saturated rings. The monoisotopic (exact) mass is 505 g/mol. The molecule has 2 saturated heterocycles. The molecule has 14 heteroatoms. The minimum atomic E-state index is -5.08. The summed E-state index contributed by atoms with van der Waals surface area (Å²) in [5.41, 5.74) is -0.384. The predicted molar refractivity (Wildman–Crippen MR) is 111 cm³/mol. The molecule has 1 saturated carbocycles. The minimum absolute atomic E-state index is 0.139. The third-order valence-corrected chi connectivity index (χ3v) is 6.05. The van der Waals surface area contributed by atoms with E-state index < -0.39 is 41.5 Å². The molecule has 1 unspecified atom stereocenters. The first-order valence-electron chi connectivity index (χ1n) is 10.5. The maximum absolute atomic E-state index is 14.6. The van der Waals surface area contributed by atoms with Crippen molar-refractivity contribution in [2.45, 2.75) is 49.9 Å². The van der Waals surface area contributed by atoms with Gasteiger partial charge in [0, 0.05) is 30.6 Å². The van der Waals surface area contributed by atoms with Gasteiger partial charge in [-0.05, 0) is 37.5 Å². The first kappa shape index (κ1) is 26.2. The molecule has 1 spiro atoms. The number of rotatable bonds is 5. The van der Waals surface area contributed by atoms with E-state index in [0.29, 0.717) is 43.7 Å². The summed E-state index contributed by atoms with van der Waals surface area (Å²) in [6.07, 6.45) is -3.90. The Hall–Kier alpha value is -3.42. The number of alkyl halides is 3. The second kappa shape index (κ2) is 9.32. The number of nitrogens with one attached hydrogen (secondary N) is 2. The van der Waals surface area contributed by atoms with E-state index in [1.54, 1.807) is 12.1 Å². The lowest BCUT2D eigenvalue weighted by atomic mass is 9.54. The number of hydrogen-bond donors (Lipinski definition) is 5. The molecule has 1 atom stereocenters. The van der Waals surface area contributed by atoms with Crippen molar-refractivity contribution in [2.24, 2.45) is 5.41 Å². The van der Waals surface area contributed by atoms with Crippen LogP contribution in [0.3, 0.4) is 0 Å². The molecule has 35 heavy (non-hydrogen) atoms. The van der Waals surface area contributed by atoms with Crippen LogP contribution < -0.4 is 15.5 Å². The number of anilines is 2. The van der Waals surface area contributed by atoms with Crippen LogP contribution in [0.2, 0.25) is 0 Å². The Balaban J connectivity index is 0.000000429. The Kier molecular flexibility index (Phi) is 6.97. The van der Waals surface area contributed by atoms with Crippen LogP contribution in [-0.2, 0) is 19.2 Å². The summed E-state index contributed by atoms with van der Waals surface area (Å²) < 4.78 is 46.3. The third-order valence-electron chi connectivity index (χ3n) is 6.05. The van der Waals surface area contributed by atoms with Gasteiger partial charge in [0.2, 0.25) is 11.8 Å². The summed E-state index contributed by atoms with van der Waals surface area (Å²) in [6, 6.07) is 4.08. The zero-order chi connectivity index (χ0) is 26.2. The van der Waals surface area contributed by atoms with Crippen molar-refractivity contribution in [3.8, 4) is 0 Å². The maximum atomic E-state index is 14.6. The molecule has 2 amide bonds. The van der Waals surface area contributed by atoms with Gasteiger partial charge in [0.1, 0.15) is 11.9 Å². The fourth-order valence-electron chi connectivity index (χ4n) is 4.79. The lowest BCUT2D eigenvalue weighted by molar-refractivity contribution is -0.192. The second-order valence-electron chi connectivity index (χ2n) is 9.12. The van der Waals surface area contributed by atoms with Gasteiger partial charge in [-0.25, -0.2) is 9.18 Å². The van der Waals surface area contributed by atoms with Gasteiger partial charge >= 0.3 is 18.1 Å². The number of imide groups is 1. The number of amides is 2. The van der Waals surface area contributed by atoms with Crippen molar-refractivity contribution in [3.05, 3.63) is 24.0 Å². The Morgan fingerprint density at radius 3 is 2.26 bits per heavy atom. The molecule has 1 aliphatic carbocycles. The number of carboxylic acid groups (broad SMARTS) is 2. The molecular formula is C21H23F4N3O7. The van der Waals surface area contributed by atoms with E-state index in [-0.39, 0.29) is 24.2 Å². The highest BCUT2D eigenvalue weighted by Gasteiger charge is 2.60. The molecule has 192 valence electrons. The Morgan fingerprint density at radius 2 is 1.77 bits per heavy atom. The van der Waals surface area contributed by atoms with E-state index in [1.807, 2.05) is 4.90 Å². The first-order valence-corrected chi connectivity index (χ1v) is 10.5. The Labute approximate surface area is 195 Å². The van der Waals surface area contributed by atoms with Crippen molar-refractivity contribution in [3.63, 3.8) is 0 Å². The van der Waals surface area contributed by atoms with Gasteiger partial charge in [-0.1, -0.05) is 0 Å². The van der Waals surface area contributed by atoms with Gasteiger partial charge in [0.05, 0.1) is 17.7 Å². The first-order chi connectivity index (χ1) is 16.1. The summed E-state index contributed by atoms with van der Waals surface area (Å²) >= 11 is 0. The lowest BCUT2D eigenvalue weighted by Crippen LogP contribution is -2.68. The van der Waals surface area contributed by atoms with Gasteiger partial charge in [-0.15, -0.1) is 0 Å². The average Bonchev–Trinajstić information content (AvgIpc) is 2.66. The summed E-state index contributed by atoms with van der Waals surface area (Å²) in [5, 5.41) is 31.4. The SMILES string of the molecule is O=C(O)C(F)(F)F.O=C(O)CC1(O)CC2(CN(c3ccc(NC4CCC(=O)NC4=O)cc3F)C2)C1. The summed E-state index contributed by atoms with van der Waals surface area (Å²) in [4.78, 5) is 44.6. The number of piperidine rings is 1. The molecule has 0 radical (unpaired) electrons. The van der Waals surface area contributed by atoms with Crippen LogP contribution >= 0.6 is 0 Å². The van der Waals surface area contributed by atoms with E-state index in [9.17, 15) is 37.1 Å². The highest BCUT2D eigenvalue weighted by atomic mass is 19.4. The maximum Gasteiger partial charge on any atom is 0.490 e. The topological polar surface area (TPSA) is 156 Å². The van der Waals surface area contributed by atoms with Crippen LogP contribution in [0.15, 0.2) is 18.2 Å². The third kappa shape index (κ3) is 6.18. The highest BCUT2D eigenvalue weighted by Crippen LogP contribution is 2.56. The molecule has 3 aliphatic rings. The predicted octanol–water partition coefficient (Wildman–Crippen LogP) is 1.48. The standard InChI is InChI=1S/C19H22FN3O5.C2HF3O2/c20-12-5-11(21-13-2-4-15(24)22-17(13)27)1-3-14(12)23-9-18(10-23)7-19(28,8-18)6-16(25)26;3-2(4,5)1(6)7/h1,3,5,13,21,28H,2,4,6-10H2,(H,25,26)(H,22,24,27);(H,6,7). The molecular weight excluding hydrogens is 482 g/mol. The summed E-state index contributed by atoms with van der Waals surface area (Å²) in [6.45, 7) is 1.15. The molecule has 1 aromatic rings. The molecule has 5 N–H and O–H groups in total. The quantitative estimate of drug-likeness (QED) is 0.295. The summed E-state index contributed by atoms with van der Waals surface area (Å²) in [5.74, 6) is -4.91. The van der Waals surface area contributed by atoms with Crippen LogP contribution in [0.5, 0.6) is 0 Å². The van der Waals surface area contributed by atoms with Crippen LogP contribution in [0.1, 0.15) is 32.1 Å². The van der Waals surface area contributed by atoms with Crippen molar-refractivity contribution >= 4 is 35.1 Å². The van der Waals surface area contributed by atoms with Crippen LogP contribution in [-0.4, -0.2) is 70.0 Å². The van der Waals surface area contributed by atoms with Crippen molar-refractivity contribution < 1.29 is 52.1 Å². The van der Waals surface area contributed by atoms with E-state index in [1.165, 1.54) is 6.07 Å². The zero-order valence-corrected chi connectivity index (χ0v) is 18.2. The van der Waals surface area contributed by atoms with E-state index >= 15 is 0 Å². The number of benzene rings is 1. The number of hydrogen-bond acceptors (Lipinski definition) is 7. The number of nitrogens with zero attached hydrogens (tertiary/aromatic N) is 1. The highest BCUT2D eigenvalue weighted by molar-refractivity contribution is 6.01. The molecule has 10 nitrogen and oxygen atoms in total. The van der Waals surface area contributed by atoms with Crippen molar-refractivity contribution in [1.29, 1.82) is 0 Å². The molecule has 2 heterocycles. The normalized spacial score (nSPS) is 22.2. The lowest BCUT2D eigenvalue weighted by Gasteiger charge is -2.62. The van der Waals surface area contributed by atoms with Crippen LogP contribution in [0.25, 0.3) is 0 Å². The number of carbonyl (C=O) groups excluding carboxylic acids is 2. The molecule has 2 aliphatic heterocycles. The van der Waals surface area contributed by atoms with Gasteiger partial charge < -0.3 is 25.5 Å². The van der Waals surface area contributed by atoms with Crippen LogP contribution in [0, 0.1) is 11.2 Å². The number of carboxylic acids is 2. The Bertz CT molecular complexity index is 1030. The van der Waals surface area contributed by atoms with Crippen LogP contribution in [0.4, 0.5) is 28.9 Å². The Morgan fingerprint density at radius 1 is 1.17 bits per heavy atom. The van der Waals surface area contributed by atoms with Gasteiger partial charge in [-0.2, -0.15) is 13.2 Å². The average molecular weight is 505 g/mol. The largest absolute Gasteiger partial charge is 0.490 e. The molecule has 0 aromatic heterocycles. The van der Waals surface area contributed by atoms with Gasteiger partial charge in [-0.3, -0.25) is 19.7 Å².